The van der Waals surface area contributed by atoms with Gasteiger partial charge in [-0.2, -0.15) is 0 Å². The second kappa shape index (κ2) is 36.3. The minimum absolute atomic E-state index is 0.0456. The monoisotopic (exact) mass is 731 g/mol. The second-order valence-corrected chi connectivity index (χ2v) is 15.5. The van der Waals surface area contributed by atoms with Crippen molar-refractivity contribution in [3.8, 4) is 0 Å². The number of hydrogen-bond donors (Lipinski definition) is 5. The molecule has 9 nitrogen and oxygen atoms in total. The van der Waals surface area contributed by atoms with Gasteiger partial charge in [0, 0.05) is 6.54 Å². The van der Waals surface area contributed by atoms with Gasteiger partial charge >= 0.3 is 7.82 Å². The summed E-state index contributed by atoms with van der Waals surface area (Å²) in [5.41, 5.74) is 5.34. The molecule has 0 aliphatic carbocycles. The first-order valence-corrected chi connectivity index (χ1v) is 22.0. The third-order valence-electron chi connectivity index (χ3n) is 9.08. The summed E-state index contributed by atoms with van der Waals surface area (Å²) in [5, 5.41) is 23.8. The van der Waals surface area contributed by atoms with Gasteiger partial charge in [0.15, 0.2) is 0 Å². The van der Waals surface area contributed by atoms with E-state index >= 15 is 0 Å². The molecule has 10 heteroatoms. The highest BCUT2D eigenvalue weighted by molar-refractivity contribution is 7.47. The Morgan fingerprint density at radius 1 is 0.680 bits per heavy atom. The topological polar surface area (TPSA) is 151 Å². The van der Waals surface area contributed by atoms with Crippen LogP contribution >= 0.6 is 7.82 Å². The number of phosphoric acid groups is 1. The summed E-state index contributed by atoms with van der Waals surface area (Å²) >= 11 is 0. The number of aliphatic hydroxyl groups excluding tert-OH is 2. The first kappa shape index (κ1) is 48.9. The average molecular weight is 731 g/mol. The number of rotatable bonds is 38. The lowest BCUT2D eigenvalue weighted by Gasteiger charge is -2.23. The zero-order valence-electron chi connectivity index (χ0n) is 32.3. The number of carbonyl (C=O) groups excluding carboxylic acids is 1. The third kappa shape index (κ3) is 34.0. The third-order valence-corrected chi connectivity index (χ3v) is 10.1. The van der Waals surface area contributed by atoms with Crippen molar-refractivity contribution in [2.45, 2.75) is 205 Å². The molecule has 0 saturated carbocycles. The van der Waals surface area contributed by atoms with Crippen LogP contribution in [-0.4, -0.2) is 59.0 Å². The number of aliphatic hydroxyl groups is 2. The minimum atomic E-state index is -4.40. The van der Waals surface area contributed by atoms with Gasteiger partial charge in [-0.05, 0) is 32.1 Å². The lowest BCUT2D eigenvalue weighted by atomic mass is 10.0. The molecule has 0 heterocycles. The van der Waals surface area contributed by atoms with E-state index < -0.39 is 38.6 Å². The van der Waals surface area contributed by atoms with Crippen molar-refractivity contribution >= 4 is 13.7 Å². The number of carbonyl (C=O) groups is 1. The predicted molar refractivity (Wildman–Crippen MR) is 209 cm³/mol. The van der Waals surface area contributed by atoms with Crippen LogP contribution in [0.15, 0.2) is 24.3 Å². The molecular weight excluding hydrogens is 651 g/mol. The molecule has 6 N–H and O–H groups in total. The van der Waals surface area contributed by atoms with Crippen LogP contribution in [0.2, 0.25) is 0 Å². The number of hydrogen-bond acceptors (Lipinski definition) is 7. The largest absolute Gasteiger partial charge is 0.472 e. The van der Waals surface area contributed by atoms with Crippen LogP contribution in [-0.2, 0) is 18.4 Å². The zero-order valence-corrected chi connectivity index (χ0v) is 33.1. The molecule has 0 aromatic heterocycles. The van der Waals surface area contributed by atoms with Gasteiger partial charge in [0.1, 0.15) is 0 Å². The number of unbranched alkanes of at least 4 members (excludes halogenated alkanes) is 23. The molecule has 0 saturated heterocycles. The van der Waals surface area contributed by atoms with E-state index in [9.17, 15) is 24.5 Å². The molecular formula is C40H79N2O7P. The molecule has 0 rings (SSSR count). The van der Waals surface area contributed by atoms with Crippen LogP contribution in [0.1, 0.15) is 187 Å². The molecule has 0 aliphatic rings. The van der Waals surface area contributed by atoms with Crippen molar-refractivity contribution in [3.05, 3.63) is 24.3 Å². The molecule has 0 aromatic rings. The Kier molecular flexibility index (Phi) is 35.5. The van der Waals surface area contributed by atoms with Crippen LogP contribution < -0.4 is 11.1 Å². The standard InChI is InChI=1S/C40H79N2O7P/c1-3-5-7-9-11-12-13-14-15-16-17-18-19-20-21-22-23-24-26-28-30-32-39(44)38(36-49-50(46,47)48-34-33-41)42-40(45)35-37(43)31-29-27-25-10-8-6-4-2/h27,29-30,32,37-39,43-44H,3-26,28,31,33-36,41H2,1-2H3,(H,42,45)(H,46,47)/b29-27-,32-30+. The van der Waals surface area contributed by atoms with E-state index in [4.69, 9.17) is 14.8 Å². The van der Waals surface area contributed by atoms with Crippen molar-refractivity contribution in [2.24, 2.45) is 5.73 Å². The molecule has 0 aromatic carbocycles. The van der Waals surface area contributed by atoms with Crippen LogP contribution in [0, 0.1) is 0 Å². The fourth-order valence-electron chi connectivity index (χ4n) is 5.94. The Morgan fingerprint density at radius 3 is 1.60 bits per heavy atom. The Morgan fingerprint density at radius 2 is 1.12 bits per heavy atom. The predicted octanol–water partition coefficient (Wildman–Crippen LogP) is 9.97. The highest BCUT2D eigenvalue weighted by atomic mass is 31.2. The Balaban J connectivity index is 4.26. The summed E-state index contributed by atoms with van der Waals surface area (Å²) in [6.07, 6.45) is 37.3. The highest BCUT2D eigenvalue weighted by Gasteiger charge is 2.27. The maximum absolute atomic E-state index is 12.7. The molecule has 0 spiro atoms. The van der Waals surface area contributed by atoms with Gasteiger partial charge in [0.05, 0.1) is 37.9 Å². The molecule has 4 atom stereocenters. The quantitative estimate of drug-likeness (QED) is 0.0239. The van der Waals surface area contributed by atoms with E-state index in [-0.39, 0.29) is 19.6 Å². The maximum atomic E-state index is 12.7. The average Bonchev–Trinajstić information content (AvgIpc) is 3.09. The molecule has 4 unspecified atom stereocenters. The number of nitrogens with one attached hydrogen (secondary N) is 1. The van der Waals surface area contributed by atoms with Gasteiger partial charge in [-0.15, -0.1) is 0 Å². The lowest BCUT2D eigenvalue weighted by molar-refractivity contribution is -0.124. The van der Waals surface area contributed by atoms with E-state index in [1.807, 2.05) is 18.2 Å². The Hall–Kier alpha value is -1.06. The summed E-state index contributed by atoms with van der Waals surface area (Å²) in [5.74, 6) is -0.482. The molecule has 0 radical (unpaired) electrons. The van der Waals surface area contributed by atoms with Gasteiger partial charge in [0.2, 0.25) is 5.91 Å². The first-order chi connectivity index (χ1) is 24.3. The molecule has 0 bridgehead atoms. The highest BCUT2D eigenvalue weighted by Crippen LogP contribution is 2.43. The van der Waals surface area contributed by atoms with Gasteiger partial charge < -0.3 is 26.2 Å². The van der Waals surface area contributed by atoms with Crippen LogP contribution in [0.25, 0.3) is 0 Å². The number of nitrogens with two attached hydrogens (primary N) is 1. The first-order valence-electron chi connectivity index (χ1n) is 20.5. The molecule has 0 aliphatic heterocycles. The van der Waals surface area contributed by atoms with Crippen molar-refractivity contribution in [2.75, 3.05) is 19.8 Å². The summed E-state index contributed by atoms with van der Waals surface area (Å²) < 4.78 is 22.0. The van der Waals surface area contributed by atoms with Gasteiger partial charge in [-0.25, -0.2) is 4.57 Å². The van der Waals surface area contributed by atoms with Crippen molar-refractivity contribution < 1.29 is 33.5 Å². The smallest absolute Gasteiger partial charge is 0.392 e. The van der Waals surface area contributed by atoms with Gasteiger partial charge in [0.25, 0.3) is 0 Å². The Labute approximate surface area is 307 Å². The summed E-state index contributed by atoms with van der Waals surface area (Å²) in [7, 11) is -4.40. The van der Waals surface area contributed by atoms with Crippen LogP contribution in [0.5, 0.6) is 0 Å². The van der Waals surface area contributed by atoms with Crippen molar-refractivity contribution in [3.63, 3.8) is 0 Å². The lowest BCUT2D eigenvalue weighted by Crippen LogP contribution is -2.46. The fraction of sp³-hybridized carbons (Fsp3) is 0.875. The SMILES string of the molecule is CCCCCC/C=C\CC(O)CC(=O)NC(COP(=O)(O)OCCN)C(O)/C=C/CCCCCCCCCCCCCCCCCCCCC. The van der Waals surface area contributed by atoms with E-state index in [1.54, 1.807) is 6.08 Å². The second-order valence-electron chi connectivity index (χ2n) is 14.0. The van der Waals surface area contributed by atoms with Gasteiger partial charge in [-0.1, -0.05) is 173 Å². The number of amides is 1. The minimum Gasteiger partial charge on any atom is -0.392 e. The summed E-state index contributed by atoms with van der Waals surface area (Å²) in [6, 6.07) is -0.993. The summed E-state index contributed by atoms with van der Waals surface area (Å²) in [4.78, 5) is 22.6. The van der Waals surface area contributed by atoms with Crippen molar-refractivity contribution in [1.82, 2.24) is 5.32 Å². The molecule has 296 valence electrons. The summed E-state index contributed by atoms with van der Waals surface area (Å²) in [6.45, 7) is 3.89. The Bertz CT molecular complexity index is 858. The molecule has 1 amide bonds. The molecule has 0 fully saturated rings. The normalized spacial score (nSPS) is 15.1. The number of phosphoric ester groups is 1. The van der Waals surface area contributed by atoms with Gasteiger partial charge in [-0.3, -0.25) is 13.8 Å². The van der Waals surface area contributed by atoms with Crippen LogP contribution in [0.3, 0.4) is 0 Å². The maximum Gasteiger partial charge on any atom is 0.472 e. The molecule has 50 heavy (non-hydrogen) atoms. The van der Waals surface area contributed by atoms with Crippen molar-refractivity contribution in [1.29, 1.82) is 0 Å². The van der Waals surface area contributed by atoms with E-state index in [1.165, 1.54) is 128 Å². The number of allylic oxidation sites excluding steroid dienone is 2. The zero-order chi connectivity index (χ0) is 37.0. The van der Waals surface area contributed by atoms with E-state index in [0.29, 0.717) is 6.42 Å². The fourth-order valence-corrected chi connectivity index (χ4v) is 6.70. The van der Waals surface area contributed by atoms with Crippen LogP contribution in [0.4, 0.5) is 0 Å². The van der Waals surface area contributed by atoms with E-state index in [2.05, 4.69) is 19.2 Å². The van der Waals surface area contributed by atoms with E-state index in [0.717, 1.165) is 32.1 Å².